The highest BCUT2D eigenvalue weighted by atomic mass is 32.2. The van der Waals surface area contributed by atoms with Crippen molar-refractivity contribution in [1.82, 2.24) is 15.2 Å². The van der Waals surface area contributed by atoms with Crippen molar-refractivity contribution in [3.05, 3.63) is 26.7 Å². The number of aromatic nitrogens is 1. The first-order chi connectivity index (χ1) is 12.7. The minimum absolute atomic E-state index is 0.00953. The average Bonchev–Trinajstić information content (AvgIpc) is 3.08. The third-order valence-electron chi connectivity index (χ3n) is 3.27. The van der Waals surface area contributed by atoms with E-state index in [2.05, 4.69) is 19.6 Å². The topological polar surface area (TPSA) is 127 Å². The normalized spacial score (nSPS) is 15.9. The maximum Gasteiger partial charge on any atom is 0.354 e. The second kappa shape index (κ2) is 9.53. The van der Waals surface area contributed by atoms with E-state index in [9.17, 15) is 13.2 Å². The van der Waals surface area contributed by atoms with Crippen molar-refractivity contribution in [2.75, 3.05) is 33.0 Å². The second-order valence-corrected chi connectivity index (χ2v) is 9.66. The van der Waals surface area contributed by atoms with E-state index >= 15 is 0 Å². The average molecular weight is 434 g/mol. The number of hydrogen-bond acceptors (Lipinski definition) is 10. The third-order valence-corrected chi connectivity index (χ3v) is 6.76. The number of rotatable bonds is 9. The molecule has 0 spiro atoms. The predicted octanol–water partition coefficient (Wildman–Crippen LogP) is 0.503. The number of thiazole rings is 1. The zero-order chi connectivity index (χ0) is 20.0. The number of esters is 1. The first-order valence-electron chi connectivity index (χ1n) is 8.16. The number of carbonyl (C=O) groups is 1. The number of nitrogens with zero attached hydrogens (tertiary/aromatic N) is 3. The molecule has 0 aliphatic carbocycles. The lowest BCUT2D eigenvalue weighted by molar-refractivity contribution is -0.137. The molecule has 12 heteroatoms. The zero-order valence-corrected chi connectivity index (χ0v) is 17.8. The molecule has 0 unspecified atom stereocenters. The van der Waals surface area contributed by atoms with Crippen LogP contribution in [0, 0.1) is 0 Å². The lowest BCUT2D eigenvalue weighted by Gasteiger charge is -2.06. The molecule has 0 bridgehead atoms. The zero-order valence-electron chi connectivity index (χ0n) is 15.4. The number of hydrogen-bond donors (Lipinski definition) is 2. The first kappa shape index (κ1) is 21.7. The highest BCUT2D eigenvalue weighted by molar-refractivity contribution is 7.98. The van der Waals surface area contributed by atoms with Crippen LogP contribution in [0.4, 0.5) is 0 Å². The second-order valence-electron chi connectivity index (χ2n) is 5.82. The maximum atomic E-state index is 12.0. The van der Waals surface area contributed by atoms with Gasteiger partial charge in [0.2, 0.25) is 4.91 Å². The summed E-state index contributed by atoms with van der Waals surface area (Å²) in [7, 11) is -0.110. The van der Waals surface area contributed by atoms with Crippen LogP contribution in [0.2, 0.25) is 0 Å². The van der Waals surface area contributed by atoms with Gasteiger partial charge in [0, 0.05) is 35.7 Å². The van der Waals surface area contributed by atoms with Gasteiger partial charge in [0.15, 0.2) is 5.84 Å². The Balaban J connectivity index is 1.82. The fraction of sp³-hybridized carbons (Fsp3) is 0.533. The van der Waals surface area contributed by atoms with Crippen LogP contribution in [-0.4, -0.2) is 63.1 Å². The lowest BCUT2D eigenvalue weighted by atomic mass is 10.3. The molecule has 27 heavy (non-hydrogen) atoms. The van der Waals surface area contributed by atoms with Gasteiger partial charge in [0.25, 0.3) is 10.0 Å². The van der Waals surface area contributed by atoms with Crippen LogP contribution >= 0.6 is 23.1 Å². The molecule has 0 atom stereocenters. The Morgan fingerprint density at radius 1 is 1.44 bits per heavy atom. The Labute approximate surface area is 167 Å². The van der Waals surface area contributed by atoms with E-state index in [4.69, 9.17) is 10.5 Å². The predicted molar refractivity (Wildman–Crippen MR) is 108 cm³/mol. The standard InChI is InChI=1S/C15H23N5O4S3/c1-4-24-15(21)13-12(16)14(19-27(13,22)23)17-5-6-25-9-10-7-18-11(26-10)8-20(2)3/h7H,4-6,8-9,16H2,1-3H3,(H,17,19). The van der Waals surface area contributed by atoms with Crippen LogP contribution < -0.4 is 11.1 Å². The summed E-state index contributed by atoms with van der Waals surface area (Å²) >= 11 is 3.36. The molecule has 0 amide bonds. The molecule has 1 aliphatic rings. The van der Waals surface area contributed by atoms with Crippen LogP contribution in [0.3, 0.4) is 0 Å². The van der Waals surface area contributed by atoms with Gasteiger partial charge in [-0.1, -0.05) is 0 Å². The van der Waals surface area contributed by atoms with Gasteiger partial charge in [0.05, 0.1) is 6.61 Å². The number of ether oxygens (including phenoxy) is 1. The molecule has 1 aromatic heterocycles. The maximum absolute atomic E-state index is 12.0. The summed E-state index contributed by atoms with van der Waals surface area (Å²) in [5.41, 5.74) is 5.57. The van der Waals surface area contributed by atoms with E-state index in [1.165, 1.54) is 4.88 Å². The fourth-order valence-electron chi connectivity index (χ4n) is 2.17. The first-order valence-corrected chi connectivity index (χ1v) is 11.6. The summed E-state index contributed by atoms with van der Waals surface area (Å²) < 4.78 is 32.2. The summed E-state index contributed by atoms with van der Waals surface area (Å²) in [6.07, 6.45) is 1.88. The van der Waals surface area contributed by atoms with Crippen LogP contribution in [0.1, 0.15) is 16.8 Å². The van der Waals surface area contributed by atoms with E-state index in [-0.39, 0.29) is 18.1 Å². The number of carbonyl (C=O) groups excluding carboxylic acids is 1. The van der Waals surface area contributed by atoms with Gasteiger partial charge in [-0.2, -0.15) is 20.2 Å². The summed E-state index contributed by atoms with van der Waals surface area (Å²) in [5.74, 6) is 0.534. The molecular formula is C15H23N5O4S3. The third kappa shape index (κ3) is 5.92. The van der Waals surface area contributed by atoms with Gasteiger partial charge in [0.1, 0.15) is 10.7 Å². The highest BCUT2D eigenvalue weighted by Gasteiger charge is 2.37. The molecule has 0 saturated heterocycles. The number of nitrogens with two attached hydrogens (primary N) is 1. The van der Waals surface area contributed by atoms with Crippen molar-refractivity contribution >= 4 is 44.9 Å². The van der Waals surface area contributed by atoms with E-state index in [1.54, 1.807) is 30.0 Å². The number of amidine groups is 1. The molecule has 0 aromatic carbocycles. The van der Waals surface area contributed by atoms with E-state index in [0.29, 0.717) is 12.3 Å². The largest absolute Gasteiger partial charge is 0.462 e. The molecular weight excluding hydrogens is 410 g/mol. The van der Waals surface area contributed by atoms with Crippen molar-refractivity contribution in [2.24, 2.45) is 10.1 Å². The van der Waals surface area contributed by atoms with Crippen LogP contribution in [0.5, 0.6) is 0 Å². The monoisotopic (exact) mass is 433 g/mol. The summed E-state index contributed by atoms with van der Waals surface area (Å²) in [6.45, 7) is 2.91. The molecule has 0 fully saturated rings. The molecule has 1 aliphatic heterocycles. The van der Waals surface area contributed by atoms with Crippen molar-refractivity contribution in [3.8, 4) is 0 Å². The Hall–Kier alpha value is -1.63. The number of thioether (sulfide) groups is 1. The molecule has 0 saturated carbocycles. The van der Waals surface area contributed by atoms with Gasteiger partial charge >= 0.3 is 5.97 Å². The lowest BCUT2D eigenvalue weighted by Crippen LogP contribution is -2.30. The Bertz CT molecular complexity index is 845. The minimum atomic E-state index is -4.11. The van der Waals surface area contributed by atoms with Gasteiger partial charge in [-0.05, 0) is 21.0 Å². The van der Waals surface area contributed by atoms with Gasteiger partial charge in [-0.3, -0.25) is 0 Å². The summed E-state index contributed by atoms with van der Waals surface area (Å²) in [5, 5.41) is 3.94. The molecule has 9 nitrogen and oxygen atoms in total. The van der Waals surface area contributed by atoms with E-state index < -0.39 is 20.9 Å². The Morgan fingerprint density at radius 3 is 2.85 bits per heavy atom. The number of nitrogens with one attached hydrogen (secondary N) is 1. The molecule has 2 rings (SSSR count). The fourth-order valence-corrected chi connectivity index (χ4v) is 5.30. The molecule has 3 N–H and O–H groups in total. The highest BCUT2D eigenvalue weighted by Crippen LogP contribution is 2.22. The quantitative estimate of drug-likeness (QED) is 0.423. The summed E-state index contributed by atoms with van der Waals surface area (Å²) in [6, 6.07) is 0. The van der Waals surface area contributed by atoms with Crippen LogP contribution in [0.25, 0.3) is 0 Å². The minimum Gasteiger partial charge on any atom is -0.462 e. The molecule has 150 valence electrons. The van der Waals surface area contributed by atoms with Crippen molar-refractivity contribution < 1.29 is 17.9 Å². The van der Waals surface area contributed by atoms with Gasteiger partial charge in [-0.25, -0.2) is 9.78 Å². The molecule has 2 heterocycles. The van der Waals surface area contributed by atoms with E-state index in [1.807, 2.05) is 20.3 Å². The van der Waals surface area contributed by atoms with E-state index in [0.717, 1.165) is 17.3 Å². The Morgan fingerprint density at radius 2 is 2.19 bits per heavy atom. The van der Waals surface area contributed by atoms with Gasteiger partial charge in [-0.15, -0.1) is 15.7 Å². The van der Waals surface area contributed by atoms with Crippen molar-refractivity contribution in [1.29, 1.82) is 0 Å². The van der Waals surface area contributed by atoms with Crippen LogP contribution in [-0.2, 0) is 31.9 Å². The molecule has 0 radical (unpaired) electrons. The smallest absolute Gasteiger partial charge is 0.354 e. The van der Waals surface area contributed by atoms with Crippen LogP contribution in [0.15, 0.2) is 21.2 Å². The summed E-state index contributed by atoms with van der Waals surface area (Å²) in [4.78, 5) is 18.8. The van der Waals surface area contributed by atoms with Crippen molar-refractivity contribution in [3.63, 3.8) is 0 Å². The molecule has 1 aromatic rings. The van der Waals surface area contributed by atoms with Crippen molar-refractivity contribution in [2.45, 2.75) is 19.2 Å². The van der Waals surface area contributed by atoms with Gasteiger partial charge < -0.3 is 20.7 Å². The number of sulfonamides is 1. The SMILES string of the molecule is CCOC(=O)C1=C(N)C(NCCSCc2cnc(CN(C)C)s2)=NS1(=O)=O. The Kier molecular flexibility index (Phi) is 7.65.